The van der Waals surface area contributed by atoms with E-state index in [9.17, 15) is 0 Å². The molecule has 0 aliphatic carbocycles. The van der Waals surface area contributed by atoms with Crippen molar-refractivity contribution in [1.29, 1.82) is 0 Å². The van der Waals surface area contributed by atoms with Crippen molar-refractivity contribution < 1.29 is 4.42 Å². The molecule has 1 N–H and O–H groups in total. The summed E-state index contributed by atoms with van der Waals surface area (Å²) in [6, 6.07) is 7.86. The van der Waals surface area contributed by atoms with Crippen molar-refractivity contribution in [1.82, 2.24) is 5.32 Å². The zero-order valence-corrected chi connectivity index (χ0v) is 9.97. The molecule has 0 atom stereocenters. The SMILES string of the molecule is C=C(C)CNCc1c(Cl)oc2ccccc12. The zero-order chi connectivity index (χ0) is 11.5. The molecule has 84 valence electrons. The standard InChI is InChI=1S/C13H14ClNO/c1-9(2)7-15-8-11-10-5-3-4-6-12(10)16-13(11)14/h3-6,15H,1,7-8H2,2H3. The van der Waals surface area contributed by atoms with Gasteiger partial charge in [0.1, 0.15) is 5.58 Å². The van der Waals surface area contributed by atoms with Gasteiger partial charge in [0, 0.05) is 24.0 Å². The zero-order valence-electron chi connectivity index (χ0n) is 9.22. The summed E-state index contributed by atoms with van der Waals surface area (Å²) in [4.78, 5) is 0. The minimum atomic E-state index is 0.468. The highest BCUT2D eigenvalue weighted by Crippen LogP contribution is 2.29. The Morgan fingerprint density at radius 2 is 2.19 bits per heavy atom. The van der Waals surface area contributed by atoms with Crippen LogP contribution < -0.4 is 5.32 Å². The lowest BCUT2D eigenvalue weighted by atomic mass is 10.2. The van der Waals surface area contributed by atoms with Crippen molar-refractivity contribution in [2.24, 2.45) is 0 Å². The van der Waals surface area contributed by atoms with Gasteiger partial charge in [0.15, 0.2) is 5.22 Å². The van der Waals surface area contributed by atoms with E-state index in [-0.39, 0.29) is 0 Å². The molecule has 0 bridgehead atoms. The lowest BCUT2D eigenvalue weighted by Crippen LogP contribution is -2.15. The molecule has 0 unspecified atom stereocenters. The Hall–Kier alpha value is -1.25. The van der Waals surface area contributed by atoms with Gasteiger partial charge in [-0.05, 0) is 24.6 Å². The first kappa shape index (κ1) is 11.2. The second kappa shape index (κ2) is 4.73. The predicted octanol–water partition coefficient (Wildman–Crippen LogP) is 3.75. The number of hydrogen-bond acceptors (Lipinski definition) is 2. The van der Waals surface area contributed by atoms with Crippen LogP contribution in [0.2, 0.25) is 5.22 Å². The molecule has 2 rings (SSSR count). The lowest BCUT2D eigenvalue weighted by molar-refractivity contribution is 0.607. The normalized spacial score (nSPS) is 10.9. The molecule has 2 aromatic rings. The van der Waals surface area contributed by atoms with Crippen LogP contribution in [-0.4, -0.2) is 6.54 Å². The van der Waals surface area contributed by atoms with E-state index in [1.165, 1.54) is 0 Å². The first-order valence-corrected chi connectivity index (χ1v) is 5.57. The fourth-order valence-corrected chi connectivity index (χ4v) is 1.89. The molecule has 1 aromatic heterocycles. The predicted molar refractivity (Wildman–Crippen MR) is 67.7 cm³/mol. The third-order valence-corrected chi connectivity index (χ3v) is 2.68. The third-order valence-electron chi connectivity index (χ3n) is 2.38. The fraction of sp³-hybridized carbons (Fsp3) is 0.231. The largest absolute Gasteiger partial charge is 0.444 e. The summed E-state index contributed by atoms with van der Waals surface area (Å²) in [7, 11) is 0. The maximum Gasteiger partial charge on any atom is 0.199 e. The number of fused-ring (bicyclic) bond motifs is 1. The smallest absolute Gasteiger partial charge is 0.199 e. The number of rotatable bonds is 4. The minimum Gasteiger partial charge on any atom is -0.444 e. The van der Waals surface area contributed by atoms with E-state index >= 15 is 0 Å². The van der Waals surface area contributed by atoms with Crippen LogP contribution >= 0.6 is 11.6 Å². The number of furan rings is 1. The highest BCUT2D eigenvalue weighted by molar-refractivity contribution is 6.30. The molecule has 3 heteroatoms. The van der Waals surface area contributed by atoms with Crippen molar-refractivity contribution >= 4 is 22.6 Å². The summed E-state index contributed by atoms with van der Waals surface area (Å²) in [6.45, 7) is 7.31. The summed E-state index contributed by atoms with van der Waals surface area (Å²) >= 11 is 6.05. The van der Waals surface area contributed by atoms with Crippen LogP contribution in [0.4, 0.5) is 0 Å². The van der Waals surface area contributed by atoms with E-state index in [0.717, 1.165) is 28.7 Å². The number of benzene rings is 1. The molecule has 1 heterocycles. The molecule has 1 aromatic carbocycles. The maximum absolute atomic E-state index is 6.05. The van der Waals surface area contributed by atoms with Crippen LogP contribution in [-0.2, 0) is 6.54 Å². The Balaban J connectivity index is 2.22. The average Bonchev–Trinajstić information content (AvgIpc) is 2.55. The monoisotopic (exact) mass is 235 g/mol. The molecule has 0 aliphatic rings. The summed E-state index contributed by atoms with van der Waals surface area (Å²) in [5.41, 5.74) is 2.95. The minimum absolute atomic E-state index is 0.468. The molecule has 0 radical (unpaired) electrons. The highest BCUT2D eigenvalue weighted by Gasteiger charge is 2.10. The van der Waals surface area contributed by atoms with E-state index in [0.29, 0.717) is 11.8 Å². The van der Waals surface area contributed by atoms with Gasteiger partial charge in [0.25, 0.3) is 0 Å². The van der Waals surface area contributed by atoms with E-state index in [1.54, 1.807) is 0 Å². The van der Waals surface area contributed by atoms with Crippen LogP contribution in [0, 0.1) is 0 Å². The Bertz CT molecular complexity index is 516. The first-order chi connectivity index (χ1) is 7.68. The molecule has 0 fully saturated rings. The molecule has 2 nitrogen and oxygen atoms in total. The highest BCUT2D eigenvalue weighted by atomic mass is 35.5. The van der Waals surface area contributed by atoms with E-state index in [1.807, 2.05) is 31.2 Å². The molecule has 16 heavy (non-hydrogen) atoms. The lowest BCUT2D eigenvalue weighted by Gasteiger charge is -2.02. The molecule has 0 aliphatic heterocycles. The van der Waals surface area contributed by atoms with Gasteiger partial charge < -0.3 is 9.73 Å². The summed E-state index contributed by atoms with van der Waals surface area (Å²) < 4.78 is 5.46. The second-order valence-corrected chi connectivity index (χ2v) is 4.25. The summed E-state index contributed by atoms with van der Waals surface area (Å²) in [6.07, 6.45) is 0. The Morgan fingerprint density at radius 3 is 2.94 bits per heavy atom. The van der Waals surface area contributed by atoms with Crippen molar-refractivity contribution in [2.75, 3.05) is 6.54 Å². The summed E-state index contributed by atoms with van der Waals surface area (Å²) in [5, 5.41) is 4.82. The van der Waals surface area contributed by atoms with E-state index in [2.05, 4.69) is 11.9 Å². The molecule has 0 spiro atoms. The maximum atomic E-state index is 6.05. The van der Waals surface area contributed by atoms with Gasteiger partial charge in [-0.15, -0.1) is 0 Å². The molecule has 0 saturated carbocycles. The first-order valence-electron chi connectivity index (χ1n) is 5.19. The van der Waals surface area contributed by atoms with Crippen LogP contribution in [0.25, 0.3) is 11.0 Å². The van der Waals surface area contributed by atoms with Crippen LogP contribution in [0.3, 0.4) is 0 Å². The summed E-state index contributed by atoms with van der Waals surface area (Å²) in [5.74, 6) is 0. The molecule has 0 saturated heterocycles. The molecule has 0 amide bonds. The Labute approximate surface area is 99.9 Å². The van der Waals surface area contributed by atoms with Crippen molar-refractivity contribution in [3.8, 4) is 0 Å². The topological polar surface area (TPSA) is 25.2 Å². The van der Waals surface area contributed by atoms with Gasteiger partial charge in [-0.25, -0.2) is 0 Å². The number of halogens is 1. The number of nitrogens with one attached hydrogen (secondary N) is 1. The molecular formula is C13H14ClNO. The van der Waals surface area contributed by atoms with Gasteiger partial charge in [0.05, 0.1) is 0 Å². The fourth-order valence-electron chi connectivity index (χ4n) is 1.63. The van der Waals surface area contributed by atoms with Gasteiger partial charge in [-0.2, -0.15) is 0 Å². The Kier molecular flexibility index (Phi) is 3.32. The average molecular weight is 236 g/mol. The van der Waals surface area contributed by atoms with Gasteiger partial charge >= 0.3 is 0 Å². The van der Waals surface area contributed by atoms with Gasteiger partial charge in [-0.1, -0.05) is 30.4 Å². The van der Waals surface area contributed by atoms with Crippen LogP contribution in [0.5, 0.6) is 0 Å². The van der Waals surface area contributed by atoms with Crippen LogP contribution in [0.15, 0.2) is 40.8 Å². The van der Waals surface area contributed by atoms with E-state index in [4.69, 9.17) is 16.0 Å². The van der Waals surface area contributed by atoms with Crippen molar-refractivity contribution in [3.63, 3.8) is 0 Å². The number of para-hydroxylation sites is 1. The third kappa shape index (κ3) is 2.29. The second-order valence-electron chi connectivity index (χ2n) is 3.91. The quantitative estimate of drug-likeness (QED) is 0.817. The number of hydrogen-bond donors (Lipinski definition) is 1. The molecular weight excluding hydrogens is 222 g/mol. The van der Waals surface area contributed by atoms with Gasteiger partial charge in [0.2, 0.25) is 0 Å². The Morgan fingerprint density at radius 1 is 1.44 bits per heavy atom. The van der Waals surface area contributed by atoms with Crippen molar-refractivity contribution in [3.05, 3.63) is 47.2 Å². The van der Waals surface area contributed by atoms with Crippen LogP contribution in [0.1, 0.15) is 12.5 Å². The van der Waals surface area contributed by atoms with Gasteiger partial charge in [-0.3, -0.25) is 0 Å². The van der Waals surface area contributed by atoms with E-state index < -0.39 is 0 Å². The van der Waals surface area contributed by atoms with Crippen molar-refractivity contribution in [2.45, 2.75) is 13.5 Å².